The average Bonchev–Trinajstić information content (AvgIpc) is 2.81. The van der Waals surface area contributed by atoms with Crippen molar-refractivity contribution in [1.29, 1.82) is 0 Å². The molecule has 1 saturated heterocycles. The van der Waals surface area contributed by atoms with Crippen LogP contribution < -0.4 is 5.73 Å². The van der Waals surface area contributed by atoms with Crippen molar-refractivity contribution in [3.05, 3.63) is 35.9 Å². The molecule has 3 N–H and O–H groups in total. The summed E-state index contributed by atoms with van der Waals surface area (Å²) in [6, 6.07) is 9.58. The number of hydrogen-bond donors (Lipinski definition) is 2. The number of hydrogen-bond acceptors (Lipinski definition) is 4. The highest BCUT2D eigenvalue weighted by atomic mass is 16.5. The van der Waals surface area contributed by atoms with Gasteiger partial charge in [-0.25, -0.2) is 0 Å². The van der Waals surface area contributed by atoms with Crippen molar-refractivity contribution in [3.8, 4) is 0 Å². The molecule has 0 bridgehead atoms. The number of oxime groups is 1. The van der Waals surface area contributed by atoms with Gasteiger partial charge in [0.2, 0.25) is 5.91 Å². The third-order valence-corrected chi connectivity index (χ3v) is 3.59. The molecule has 1 aromatic carbocycles. The molecule has 1 aliphatic heterocycles. The van der Waals surface area contributed by atoms with Gasteiger partial charge < -0.3 is 20.6 Å². The predicted molar refractivity (Wildman–Crippen MR) is 79.1 cm³/mol. The normalized spacial score (nSPS) is 18.1. The number of amidine groups is 1. The van der Waals surface area contributed by atoms with E-state index in [2.05, 4.69) is 5.16 Å². The molecule has 0 saturated carbocycles. The van der Waals surface area contributed by atoms with Crippen LogP contribution in [0.1, 0.15) is 12.0 Å². The fourth-order valence-electron chi connectivity index (χ4n) is 2.42. The molecule has 1 amide bonds. The van der Waals surface area contributed by atoms with Crippen molar-refractivity contribution in [2.24, 2.45) is 16.8 Å². The molecule has 0 aliphatic carbocycles. The van der Waals surface area contributed by atoms with E-state index in [1.165, 1.54) is 0 Å². The van der Waals surface area contributed by atoms with Gasteiger partial charge in [-0.15, -0.1) is 0 Å². The Hall–Kier alpha value is -2.08. The number of nitrogens with two attached hydrogens (primary N) is 1. The van der Waals surface area contributed by atoms with E-state index in [9.17, 15) is 4.79 Å². The van der Waals surface area contributed by atoms with Gasteiger partial charge in [0.25, 0.3) is 0 Å². The lowest BCUT2D eigenvalue weighted by molar-refractivity contribution is -0.133. The molecule has 6 heteroatoms. The van der Waals surface area contributed by atoms with E-state index in [1.807, 2.05) is 30.3 Å². The van der Waals surface area contributed by atoms with Gasteiger partial charge >= 0.3 is 0 Å². The van der Waals surface area contributed by atoms with Crippen molar-refractivity contribution < 1.29 is 14.7 Å². The third kappa shape index (κ3) is 4.19. The number of carbonyl (C=O) groups is 1. The number of amides is 1. The topological polar surface area (TPSA) is 88.2 Å². The third-order valence-electron chi connectivity index (χ3n) is 3.59. The Bertz CT molecular complexity index is 482. The Balaban J connectivity index is 2.13. The van der Waals surface area contributed by atoms with E-state index in [4.69, 9.17) is 15.7 Å². The van der Waals surface area contributed by atoms with E-state index in [0.717, 1.165) is 12.0 Å². The Labute approximate surface area is 124 Å². The second-order valence-corrected chi connectivity index (χ2v) is 5.06. The van der Waals surface area contributed by atoms with Gasteiger partial charge in [0, 0.05) is 19.7 Å². The van der Waals surface area contributed by atoms with E-state index < -0.39 is 5.92 Å². The largest absolute Gasteiger partial charge is 0.409 e. The molecule has 1 aromatic rings. The lowest BCUT2D eigenvalue weighted by Crippen LogP contribution is -2.44. The monoisotopic (exact) mass is 291 g/mol. The Morgan fingerprint density at radius 1 is 1.33 bits per heavy atom. The van der Waals surface area contributed by atoms with E-state index in [0.29, 0.717) is 32.7 Å². The first-order valence-corrected chi connectivity index (χ1v) is 7.10. The lowest BCUT2D eigenvalue weighted by atomic mass is 9.96. The van der Waals surface area contributed by atoms with Gasteiger partial charge in [-0.05, 0) is 18.4 Å². The van der Waals surface area contributed by atoms with Gasteiger partial charge in [0.15, 0.2) is 5.84 Å². The molecule has 1 unspecified atom stereocenters. The van der Waals surface area contributed by atoms with Crippen molar-refractivity contribution in [2.45, 2.75) is 12.8 Å². The first-order valence-electron chi connectivity index (χ1n) is 7.10. The minimum Gasteiger partial charge on any atom is -0.409 e. The fraction of sp³-hybridized carbons (Fsp3) is 0.467. The van der Waals surface area contributed by atoms with Crippen molar-refractivity contribution in [1.82, 2.24) is 4.90 Å². The first kappa shape index (κ1) is 15.3. The van der Waals surface area contributed by atoms with Gasteiger partial charge in [0.05, 0.1) is 6.61 Å². The molecule has 1 atom stereocenters. The second-order valence-electron chi connectivity index (χ2n) is 5.06. The molecular weight excluding hydrogens is 270 g/mol. The Morgan fingerprint density at radius 3 is 2.81 bits per heavy atom. The summed E-state index contributed by atoms with van der Waals surface area (Å²) in [6.07, 6.45) is 1.23. The standard InChI is InChI=1S/C15H21N3O3/c16-14(17-20)13(11-12-5-2-1-3-6-12)15(19)18-7-4-9-21-10-8-18/h1-3,5-6,13,20H,4,7-11H2,(H2,16,17). The second kappa shape index (κ2) is 7.64. The molecule has 114 valence electrons. The Kier molecular flexibility index (Phi) is 5.57. The summed E-state index contributed by atoms with van der Waals surface area (Å²) in [4.78, 5) is 14.4. The van der Waals surface area contributed by atoms with E-state index in [-0.39, 0.29) is 11.7 Å². The van der Waals surface area contributed by atoms with Crippen molar-refractivity contribution >= 4 is 11.7 Å². The molecule has 1 heterocycles. The zero-order chi connectivity index (χ0) is 15.1. The molecule has 1 aliphatic rings. The van der Waals surface area contributed by atoms with Crippen LogP contribution in [-0.2, 0) is 16.0 Å². The summed E-state index contributed by atoms with van der Waals surface area (Å²) >= 11 is 0. The summed E-state index contributed by atoms with van der Waals surface area (Å²) in [7, 11) is 0. The molecule has 0 radical (unpaired) electrons. The van der Waals surface area contributed by atoms with E-state index in [1.54, 1.807) is 4.90 Å². The van der Waals surface area contributed by atoms with Crippen LogP contribution in [0.3, 0.4) is 0 Å². The highest BCUT2D eigenvalue weighted by Crippen LogP contribution is 2.14. The van der Waals surface area contributed by atoms with Gasteiger partial charge in [0.1, 0.15) is 5.92 Å². The number of ether oxygens (including phenoxy) is 1. The van der Waals surface area contributed by atoms with Crippen LogP contribution in [0.5, 0.6) is 0 Å². The maximum atomic E-state index is 12.7. The van der Waals surface area contributed by atoms with Crippen molar-refractivity contribution in [3.63, 3.8) is 0 Å². The van der Waals surface area contributed by atoms with Crippen LogP contribution in [0.15, 0.2) is 35.5 Å². The molecule has 1 fully saturated rings. The van der Waals surface area contributed by atoms with E-state index >= 15 is 0 Å². The average molecular weight is 291 g/mol. The highest BCUT2D eigenvalue weighted by Gasteiger charge is 2.28. The van der Waals surface area contributed by atoms with Crippen LogP contribution in [0.4, 0.5) is 0 Å². The van der Waals surface area contributed by atoms with Gasteiger partial charge in [-0.3, -0.25) is 4.79 Å². The summed E-state index contributed by atoms with van der Waals surface area (Å²) in [5.74, 6) is -0.802. The van der Waals surface area contributed by atoms with Crippen LogP contribution in [0.2, 0.25) is 0 Å². The maximum absolute atomic E-state index is 12.7. The summed E-state index contributed by atoms with van der Waals surface area (Å²) in [5, 5.41) is 12.0. The zero-order valence-electron chi connectivity index (χ0n) is 11.9. The van der Waals surface area contributed by atoms with Crippen LogP contribution >= 0.6 is 0 Å². The van der Waals surface area contributed by atoms with Crippen molar-refractivity contribution in [2.75, 3.05) is 26.3 Å². The molecule has 6 nitrogen and oxygen atoms in total. The molecule has 0 spiro atoms. The molecular formula is C15H21N3O3. The number of nitrogens with zero attached hydrogens (tertiary/aromatic N) is 2. The zero-order valence-corrected chi connectivity index (χ0v) is 11.9. The molecule has 2 rings (SSSR count). The van der Waals surface area contributed by atoms with Crippen LogP contribution in [0.25, 0.3) is 0 Å². The van der Waals surface area contributed by atoms with Gasteiger partial charge in [-0.1, -0.05) is 35.5 Å². The molecule has 21 heavy (non-hydrogen) atoms. The maximum Gasteiger partial charge on any atom is 0.233 e. The number of rotatable bonds is 4. The minimum absolute atomic E-state index is 0.0472. The fourth-order valence-corrected chi connectivity index (χ4v) is 2.42. The summed E-state index contributed by atoms with van der Waals surface area (Å²) < 4.78 is 5.35. The SMILES string of the molecule is NC(=NO)C(Cc1ccccc1)C(=O)N1CCCOCC1. The van der Waals surface area contributed by atoms with Gasteiger partial charge in [-0.2, -0.15) is 0 Å². The molecule has 0 aromatic heterocycles. The smallest absolute Gasteiger partial charge is 0.233 e. The summed E-state index contributed by atoms with van der Waals surface area (Å²) in [5.41, 5.74) is 6.71. The summed E-state index contributed by atoms with van der Waals surface area (Å²) in [6.45, 7) is 2.38. The number of benzene rings is 1. The highest BCUT2D eigenvalue weighted by molar-refractivity contribution is 6.02. The predicted octanol–water partition coefficient (Wildman–Crippen LogP) is 0.841. The quantitative estimate of drug-likeness (QED) is 0.372. The number of carbonyl (C=O) groups excluding carboxylic acids is 1. The Morgan fingerprint density at radius 2 is 2.10 bits per heavy atom. The first-order chi connectivity index (χ1) is 10.2. The van der Waals surface area contributed by atoms with Crippen LogP contribution in [0, 0.1) is 5.92 Å². The van der Waals surface area contributed by atoms with Crippen LogP contribution in [-0.4, -0.2) is 48.2 Å². The minimum atomic E-state index is -0.643. The lowest BCUT2D eigenvalue weighted by Gasteiger charge is -2.25.